The minimum Gasteiger partial charge on any atom is -0.300 e. The van der Waals surface area contributed by atoms with Gasteiger partial charge in [-0.05, 0) is 19.3 Å². The molecule has 0 heterocycles. The molecule has 88 valence electrons. The van der Waals surface area contributed by atoms with E-state index in [1.54, 1.807) is 6.92 Å². The van der Waals surface area contributed by atoms with Crippen LogP contribution in [-0.4, -0.2) is 11.6 Å². The molecule has 0 bridgehead atoms. The summed E-state index contributed by atoms with van der Waals surface area (Å²) in [6.07, 6.45) is 1.22. The van der Waals surface area contributed by atoms with Gasteiger partial charge in [-0.1, -0.05) is 34.6 Å². The van der Waals surface area contributed by atoms with Crippen LogP contribution in [0, 0.1) is 17.3 Å². The Morgan fingerprint density at radius 1 is 1.13 bits per heavy atom. The number of ketones is 2. The van der Waals surface area contributed by atoms with Crippen molar-refractivity contribution in [2.75, 3.05) is 0 Å². The van der Waals surface area contributed by atoms with Crippen LogP contribution in [0.1, 0.15) is 54.4 Å². The minimum atomic E-state index is -0.329. The van der Waals surface area contributed by atoms with Gasteiger partial charge in [0.15, 0.2) is 0 Å². The maximum atomic E-state index is 11.8. The third-order valence-electron chi connectivity index (χ3n) is 2.60. The van der Waals surface area contributed by atoms with Crippen LogP contribution in [-0.2, 0) is 9.59 Å². The molecule has 0 aliphatic heterocycles. The first-order valence-electron chi connectivity index (χ1n) is 5.68. The fourth-order valence-electron chi connectivity index (χ4n) is 1.49. The van der Waals surface area contributed by atoms with Gasteiger partial charge < -0.3 is 0 Å². The summed E-state index contributed by atoms with van der Waals surface area (Å²) in [5.41, 5.74) is -0.329. The molecule has 1 unspecified atom stereocenters. The van der Waals surface area contributed by atoms with E-state index in [2.05, 4.69) is 13.8 Å². The van der Waals surface area contributed by atoms with Gasteiger partial charge in [-0.3, -0.25) is 9.59 Å². The Labute approximate surface area is 93.4 Å². The Morgan fingerprint density at radius 2 is 1.60 bits per heavy atom. The third kappa shape index (κ3) is 5.71. The van der Waals surface area contributed by atoms with E-state index in [1.165, 1.54) is 0 Å². The number of hydrogen-bond donors (Lipinski definition) is 0. The Morgan fingerprint density at radius 3 is 1.87 bits per heavy atom. The normalized spacial score (nSPS) is 14.1. The van der Waals surface area contributed by atoms with Crippen LogP contribution < -0.4 is 0 Å². The lowest BCUT2D eigenvalue weighted by Crippen LogP contribution is -2.26. The van der Waals surface area contributed by atoms with E-state index in [0.717, 1.165) is 6.42 Å². The highest BCUT2D eigenvalue weighted by Crippen LogP contribution is 2.24. The highest BCUT2D eigenvalue weighted by atomic mass is 16.1. The van der Waals surface area contributed by atoms with Gasteiger partial charge >= 0.3 is 0 Å². The summed E-state index contributed by atoms with van der Waals surface area (Å²) in [7, 11) is 0. The quantitative estimate of drug-likeness (QED) is 0.701. The van der Waals surface area contributed by atoms with Crippen LogP contribution in [0.25, 0.3) is 0 Å². The molecule has 15 heavy (non-hydrogen) atoms. The lowest BCUT2D eigenvalue weighted by Gasteiger charge is -2.21. The predicted molar refractivity (Wildman–Crippen MR) is 62.7 cm³/mol. The fraction of sp³-hybridized carbons (Fsp3) is 0.846. The molecule has 0 N–H and O–H groups in total. The van der Waals surface area contributed by atoms with Gasteiger partial charge in [0.25, 0.3) is 0 Å². The van der Waals surface area contributed by atoms with Gasteiger partial charge in [-0.15, -0.1) is 0 Å². The van der Waals surface area contributed by atoms with Crippen LogP contribution in [0.2, 0.25) is 0 Å². The molecule has 0 aromatic carbocycles. The predicted octanol–water partition coefficient (Wildman–Crippen LogP) is 3.24. The van der Waals surface area contributed by atoms with Crippen molar-refractivity contribution in [3.05, 3.63) is 0 Å². The molecule has 0 aromatic heterocycles. The largest absolute Gasteiger partial charge is 0.300 e. The Hall–Kier alpha value is -0.660. The van der Waals surface area contributed by atoms with Crippen molar-refractivity contribution in [3.63, 3.8) is 0 Å². The van der Waals surface area contributed by atoms with Crippen molar-refractivity contribution >= 4 is 11.6 Å². The summed E-state index contributed by atoms with van der Waals surface area (Å²) >= 11 is 0. The average molecular weight is 212 g/mol. The first-order valence-corrected chi connectivity index (χ1v) is 5.68. The lowest BCUT2D eigenvalue weighted by atomic mass is 9.81. The Balaban J connectivity index is 4.43. The van der Waals surface area contributed by atoms with Crippen LogP contribution in [0.5, 0.6) is 0 Å². The molecule has 0 spiro atoms. The van der Waals surface area contributed by atoms with Gasteiger partial charge in [0.05, 0.1) is 0 Å². The zero-order valence-electron chi connectivity index (χ0n) is 10.9. The molecule has 1 atom stereocenters. The zero-order chi connectivity index (χ0) is 12.2. The third-order valence-corrected chi connectivity index (χ3v) is 2.60. The van der Waals surface area contributed by atoms with Crippen molar-refractivity contribution in [2.24, 2.45) is 17.3 Å². The maximum absolute atomic E-state index is 11.8. The Bertz CT molecular complexity index is 233. The molecule has 0 amide bonds. The monoisotopic (exact) mass is 212 g/mol. The number of hydrogen-bond acceptors (Lipinski definition) is 2. The Kier molecular flexibility index (Phi) is 5.19. The lowest BCUT2D eigenvalue weighted by molar-refractivity contribution is -0.131. The second-order valence-corrected chi connectivity index (χ2v) is 5.81. The van der Waals surface area contributed by atoms with E-state index in [1.807, 2.05) is 20.8 Å². The molecule has 0 aromatic rings. The first kappa shape index (κ1) is 14.3. The van der Waals surface area contributed by atoms with Crippen LogP contribution in [0.3, 0.4) is 0 Å². The van der Waals surface area contributed by atoms with E-state index < -0.39 is 0 Å². The van der Waals surface area contributed by atoms with Crippen LogP contribution in [0.4, 0.5) is 0 Å². The second-order valence-electron chi connectivity index (χ2n) is 5.81. The number of rotatable bonds is 5. The molecule has 0 saturated carbocycles. The maximum Gasteiger partial charge on any atom is 0.138 e. The fourth-order valence-corrected chi connectivity index (χ4v) is 1.49. The highest BCUT2D eigenvalue weighted by Gasteiger charge is 2.26. The van der Waals surface area contributed by atoms with Crippen molar-refractivity contribution in [3.8, 4) is 0 Å². The summed E-state index contributed by atoms with van der Waals surface area (Å²) in [6.45, 7) is 11.5. The summed E-state index contributed by atoms with van der Waals surface area (Å²) in [5, 5.41) is 0. The van der Waals surface area contributed by atoms with Crippen molar-refractivity contribution in [2.45, 2.75) is 54.4 Å². The van der Waals surface area contributed by atoms with Gasteiger partial charge in [-0.2, -0.15) is 0 Å². The van der Waals surface area contributed by atoms with Crippen LogP contribution >= 0.6 is 0 Å². The van der Waals surface area contributed by atoms with Crippen LogP contribution in [0.15, 0.2) is 0 Å². The first-order chi connectivity index (χ1) is 6.64. The molecular formula is C13H24O2. The molecule has 0 fully saturated rings. The van der Waals surface area contributed by atoms with E-state index in [0.29, 0.717) is 12.3 Å². The van der Waals surface area contributed by atoms with Gasteiger partial charge in [0, 0.05) is 17.8 Å². The zero-order valence-corrected chi connectivity index (χ0v) is 10.9. The molecule has 2 heteroatoms. The van der Waals surface area contributed by atoms with E-state index in [9.17, 15) is 9.59 Å². The molecular weight excluding hydrogens is 188 g/mol. The molecule has 0 rings (SSSR count). The van der Waals surface area contributed by atoms with E-state index in [4.69, 9.17) is 0 Å². The smallest absolute Gasteiger partial charge is 0.138 e. The van der Waals surface area contributed by atoms with Crippen molar-refractivity contribution in [1.82, 2.24) is 0 Å². The highest BCUT2D eigenvalue weighted by molar-refractivity contribution is 5.89. The number of carbonyl (C=O) groups excluding carboxylic acids is 2. The summed E-state index contributed by atoms with van der Waals surface area (Å²) in [4.78, 5) is 23.2. The number of Topliss-reactive ketones (excluding diaryl/α,β-unsaturated/α-hetero) is 2. The molecule has 0 aliphatic carbocycles. The van der Waals surface area contributed by atoms with E-state index >= 15 is 0 Å². The average Bonchev–Trinajstić information content (AvgIpc) is 1.99. The number of carbonyl (C=O) groups is 2. The molecule has 0 aliphatic rings. The summed E-state index contributed by atoms with van der Waals surface area (Å²) in [5.74, 6) is 0.702. The van der Waals surface area contributed by atoms with Crippen molar-refractivity contribution in [1.29, 1.82) is 0 Å². The molecule has 0 saturated heterocycles. The van der Waals surface area contributed by atoms with Crippen molar-refractivity contribution < 1.29 is 9.59 Å². The minimum absolute atomic E-state index is 0.0864. The summed E-state index contributed by atoms with van der Waals surface area (Å²) in [6, 6.07) is 0. The standard InChI is InChI=1S/C13H24O2/c1-9(2)7-11(10(3)14)8-12(15)13(4,5)6/h9,11H,7-8H2,1-6H3. The molecule has 2 nitrogen and oxygen atoms in total. The topological polar surface area (TPSA) is 34.1 Å². The van der Waals surface area contributed by atoms with Gasteiger partial charge in [-0.25, -0.2) is 0 Å². The van der Waals surface area contributed by atoms with E-state index in [-0.39, 0.29) is 22.9 Å². The van der Waals surface area contributed by atoms with Gasteiger partial charge in [0.1, 0.15) is 11.6 Å². The van der Waals surface area contributed by atoms with Gasteiger partial charge in [0.2, 0.25) is 0 Å². The SMILES string of the molecule is CC(=O)C(CC(=O)C(C)(C)C)CC(C)C. The second kappa shape index (κ2) is 5.43. The molecule has 0 radical (unpaired) electrons. The summed E-state index contributed by atoms with van der Waals surface area (Å²) < 4.78 is 0.